The topological polar surface area (TPSA) is 91.9 Å². The number of hydrogen-bond donors (Lipinski definition) is 2. The number of nitrogens with one attached hydrogen (secondary N) is 1. The van der Waals surface area contributed by atoms with Gasteiger partial charge in [0.05, 0.1) is 5.69 Å². The van der Waals surface area contributed by atoms with Crippen LogP contribution in [0.4, 0.5) is 0 Å². The first-order valence-electron chi connectivity index (χ1n) is 10.8. The molecule has 4 heterocycles. The van der Waals surface area contributed by atoms with Crippen molar-refractivity contribution in [1.29, 1.82) is 0 Å². The molecular formula is C25H24N2O5. The number of carbonyl (C=O) groups excluding carboxylic acids is 1. The number of ether oxygens (including phenoxy) is 2. The smallest absolute Gasteiger partial charge is 0.336 e. The zero-order valence-corrected chi connectivity index (χ0v) is 17.5. The number of carboxylic acids is 1. The van der Waals surface area contributed by atoms with Gasteiger partial charge in [-0.3, -0.25) is 4.90 Å². The molecule has 0 saturated carbocycles. The normalized spacial score (nSPS) is 22.3. The first-order chi connectivity index (χ1) is 15.6. The van der Waals surface area contributed by atoms with Crippen LogP contribution < -0.4 is 9.47 Å². The predicted octanol–water partition coefficient (Wildman–Crippen LogP) is 3.85. The number of carboxylic acid groups (broad SMARTS) is 1. The Morgan fingerprint density at radius 3 is 2.47 bits per heavy atom. The van der Waals surface area contributed by atoms with Crippen molar-refractivity contribution in [2.75, 3.05) is 19.6 Å². The molecule has 2 N–H and O–H groups in total. The molecule has 0 spiro atoms. The number of aromatic amines is 1. The number of benzene rings is 2. The van der Waals surface area contributed by atoms with Gasteiger partial charge in [0.1, 0.15) is 11.9 Å². The molecule has 7 nitrogen and oxygen atoms in total. The van der Waals surface area contributed by atoms with Crippen LogP contribution in [-0.2, 0) is 9.59 Å². The number of rotatable bonds is 6. The van der Waals surface area contributed by atoms with Crippen LogP contribution in [-0.4, -0.2) is 52.7 Å². The standard InChI is InChI=1S/C25H24N2O5/c28-22(29)9-10-23(30)32-25-19-3-1-2-4-20(19)26-24(25)17-5-7-18(8-6-17)31-21-15-27-13-11-16(21)12-14-27/h1-10,16,21,26H,11-15H2,(H,28,29)/b10-9+. The monoisotopic (exact) mass is 432 g/mol. The van der Waals surface area contributed by atoms with E-state index in [1.165, 1.54) is 25.9 Å². The summed E-state index contributed by atoms with van der Waals surface area (Å²) < 4.78 is 11.8. The zero-order chi connectivity index (χ0) is 22.1. The first-order valence-corrected chi connectivity index (χ1v) is 10.8. The molecule has 1 atom stereocenters. The average molecular weight is 432 g/mol. The van der Waals surface area contributed by atoms with E-state index in [9.17, 15) is 9.59 Å². The molecular weight excluding hydrogens is 408 g/mol. The number of hydrogen-bond acceptors (Lipinski definition) is 5. The molecule has 0 aliphatic carbocycles. The van der Waals surface area contributed by atoms with Gasteiger partial charge < -0.3 is 19.6 Å². The maximum atomic E-state index is 12.2. The maximum Gasteiger partial charge on any atom is 0.336 e. The fraction of sp³-hybridized carbons (Fsp3) is 0.280. The second-order valence-electron chi connectivity index (χ2n) is 8.29. The van der Waals surface area contributed by atoms with E-state index in [-0.39, 0.29) is 6.10 Å². The van der Waals surface area contributed by atoms with Crippen LogP contribution in [0.1, 0.15) is 12.8 Å². The molecule has 7 heteroatoms. The van der Waals surface area contributed by atoms with Gasteiger partial charge in [0.25, 0.3) is 0 Å². The summed E-state index contributed by atoms with van der Waals surface area (Å²) in [6, 6.07) is 15.2. The Morgan fingerprint density at radius 2 is 1.78 bits per heavy atom. The fourth-order valence-corrected chi connectivity index (χ4v) is 4.62. The zero-order valence-electron chi connectivity index (χ0n) is 17.5. The molecule has 6 rings (SSSR count). The molecule has 164 valence electrons. The predicted molar refractivity (Wildman–Crippen MR) is 120 cm³/mol. The number of aromatic nitrogens is 1. The molecule has 3 saturated heterocycles. The first kappa shape index (κ1) is 20.3. The van der Waals surface area contributed by atoms with Gasteiger partial charge in [-0.25, -0.2) is 9.59 Å². The summed E-state index contributed by atoms with van der Waals surface area (Å²) >= 11 is 0. The van der Waals surface area contributed by atoms with E-state index in [2.05, 4.69) is 9.88 Å². The van der Waals surface area contributed by atoms with Gasteiger partial charge in [0.15, 0.2) is 5.75 Å². The highest BCUT2D eigenvalue weighted by Crippen LogP contribution is 2.38. The Hall–Kier alpha value is -3.58. The summed E-state index contributed by atoms with van der Waals surface area (Å²) in [5, 5.41) is 9.50. The van der Waals surface area contributed by atoms with Crippen molar-refractivity contribution in [3.63, 3.8) is 0 Å². The van der Waals surface area contributed by atoms with Crippen LogP contribution in [0.3, 0.4) is 0 Å². The fourth-order valence-electron chi connectivity index (χ4n) is 4.62. The van der Waals surface area contributed by atoms with Gasteiger partial charge in [-0.05, 0) is 68.2 Å². The quantitative estimate of drug-likeness (QED) is 0.454. The molecule has 2 aromatic carbocycles. The third-order valence-electron chi connectivity index (χ3n) is 6.25. The lowest BCUT2D eigenvalue weighted by Crippen LogP contribution is -2.52. The highest BCUT2D eigenvalue weighted by Gasteiger charge is 2.35. The lowest BCUT2D eigenvalue weighted by atomic mass is 9.86. The van der Waals surface area contributed by atoms with Crippen LogP contribution in [0.2, 0.25) is 0 Å². The number of fused-ring (bicyclic) bond motifs is 4. The van der Waals surface area contributed by atoms with Crippen LogP contribution >= 0.6 is 0 Å². The molecule has 1 unspecified atom stereocenters. The average Bonchev–Trinajstić information content (AvgIpc) is 3.17. The molecule has 2 bridgehead atoms. The number of carbonyl (C=O) groups is 2. The van der Waals surface area contributed by atoms with E-state index in [0.717, 1.165) is 40.9 Å². The summed E-state index contributed by atoms with van der Waals surface area (Å²) in [4.78, 5) is 28.6. The summed E-state index contributed by atoms with van der Waals surface area (Å²) in [6.07, 6.45) is 4.29. The van der Waals surface area contributed by atoms with Gasteiger partial charge in [-0.1, -0.05) is 12.1 Å². The Kier molecular flexibility index (Phi) is 5.41. The number of H-pyrrole nitrogens is 1. The van der Waals surface area contributed by atoms with E-state index in [1.54, 1.807) is 0 Å². The SMILES string of the molecule is O=C(O)/C=C/C(=O)Oc1c(-c2ccc(OC3CN4CCC3CC4)cc2)[nH]c2ccccc12. The molecule has 1 aromatic heterocycles. The molecule has 0 radical (unpaired) electrons. The number of esters is 1. The minimum Gasteiger partial charge on any atom is -0.489 e. The summed E-state index contributed by atoms with van der Waals surface area (Å²) in [7, 11) is 0. The van der Waals surface area contributed by atoms with Crippen LogP contribution in [0, 0.1) is 5.92 Å². The third-order valence-corrected chi connectivity index (χ3v) is 6.25. The van der Waals surface area contributed by atoms with Crippen molar-refractivity contribution < 1.29 is 24.2 Å². The lowest BCUT2D eigenvalue weighted by Gasteiger charge is -2.44. The second-order valence-corrected chi connectivity index (χ2v) is 8.29. The van der Waals surface area contributed by atoms with Crippen molar-refractivity contribution in [1.82, 2.24) is 9.88 Å². The number of aliphatic carboxylic acids is 1. The van der Waals surface area contributed by atoms with E-state index in [0.29, 0.717) is 17.4 Å². The van der Waals surface area contributed by atoms with Gasteiger partial charge in [-0.2, -0.15) is 0 Å². The Morgan fingerprint density at radius 1 is 1.03 bits per heavy atom. The maximum absolute atomic E-state index is 12.2. The Balaban J connectivity index is 1.40. The van der Waals surface area contributed by atoms with Crippen LogP contribution in [0.5, 0.6) is 11.5 Å². The summed E-state index contributed by atoms with van der Waals surface area (Å²) in [6.45, 7) is 3.33. The van der Waals surface area contributed by atoms with Crippen molar-refractivity contribution in [2.24, 2.45) is 5.92 Å². The molecule has 32 heavy (non-hydrogen) atoms. The van der Waals surface area contributed by atoms with Gasteiger partial charge >= 0.3 is 11.9 Å². The third kappa shape index (κ3) is 4.11. The van der Waals surface area contributed by atoms with Crippen molar-refractivity contribution in [3.8, 4) is 22.8 Å². The van der Waals surface area contributed by atoms with Crippen LogP contribution in [0.15, 0.2) is 60.7 Å². The van der Waals surface area contributed by atoms with Crippen molar-refractivity contribution in [3.05, 3.63) is 60.7 Å². The van der Waals surface area contributed by atoms with Gasteiger partial charge in [0.2, 0.25) is 0 Å². The summed E-state index contributed by atoms with van der Waals surface area (Å²) in [5.41, 5.74) is 2.31. The molecule has 3 aliphatic rings. The Bertz CT molecular complexity index is 1170. The van der Waals surface area contributed by atoms with E-state index in [1.807, 2.05) is 48.5 Å². The number of piperidine rings is 3. The van der Waals surface area contributed by atoms with Gasteiger partial charge in [0, 0.05) is 35.2 Å². The minimum atomic E-state index is -1.21. The number of para-hydroxylation sites is 1. The Labute approximate surface area is 185 Å². The molecule has 0 amide bonds. The number of nitrogens with zero attached hydrogens (tertiary/aromatic N) is 1. The molecule has 3 fully saturated rings. The highest BCUT2D eigenvalue weighted by molar-refractivity contribution is 5.99. The van der Waals surface area contributed by atoms with E-state index in [4.69, 9.17) is 14.6 Å². The van der Waals surface area contributed by atoms with Crippen molar-refractivity contribution in [2.45, 2.75) is 18.9 Å². The summed E-state index contributed by atoms with van der Waals surface area (Å²) in [5.74, 6) is -0.142. The van der Waals surface area contributed by atoms with Crippen molar-refractivity contribution >= 4 is 22.8 Å². The van der Waals surface area contributed by atoms with E-state index >= 15 is 0 Å². The largest absolute Gasteiger partial charge is 0.489 e. The van der Waals surface area contributed by atoms with Gasteiger partial charge in [-0.15, -0.1) is 0 Å². The highest BCUT2D eigenvalue weighted by atomic mass is 16.5. The minimum absolute atomic E-state index is 0.231. The molecule has 3 aromatic rings. The van der Waals surface area contributed by atoms with Crippen LogP contribution in [0.25, 0.3) is 22.2 Å². The van der Waals surface area contributed by atoms with E-state index < -0.39 is 11.9 Å². The lowest BCUT2D eigenvalue weighted by molar-refractivity contribution is -0.133. The molecule has 3 aliphatic heterocycles. The second kappa shape index (κ2) is 8.51.